The summed E-state index contributed by atoms with van der Waals surface area (Å²) in [5.41, 5.74) is 8.15. The van der Waals surface area contributed by atoms with E-state index in [9.17, 15) is 0 Å². The zero-order valence-electron chi connectivity index (χ0n) is 6.60. The lowest BCUT2D eigenvalue weighted by atomic mass is 10.1. The molecule has 12 heavy (non-hydrogen) atoms. The summed E-state index contributed by atoms with van der Waals surface area (Å²) in [5.74, 6) is 0. The van der Waals surface area contributed by atoms with Crippen LogP contribution in [-0.2, 0) is 0 Å². The molecule has 62 valence electrons. The van der Waals surface area contributed by atoms with Crippen LogP contribution in [0.25, 0.3) is 11.0 Å². The van der Waals surface area contributed by atoms with E-state index >= 15 is 0 Å². The van der Waals surface area contributed by atoms with Gasteiger partial charge in [-0.15, -0.1) is 0 Å². The molecule has 0 saturated heterocycles. The fourth-order valence-electron chi connectivity index (χ4n) is 1.26. The van der Waals surface area contributed by atoms with Crippen LogP contribution in [0.4, 0.5) is 5.69 Å². The second-order valence-corrected chi connectivity index (χ2v) is 3.14. The van der Waals surface area contributed by atoms with Gasteiger partial charge in [0.15, 0.2) is 5.58 Å². The van der Waals surface area contributed by atoms with Gasteiger partial charge in [0, 0.05) is 11.1 Å². The van der Waals surface area contributed by atoms with Gasteiger partial charge >= 0.3 is 0 Å². The van der Waals surface area contributed by atoms with Crippen LogP contribution in [0, 0.1) is 6.92 Å². The topological polar surface area (TPSA) is 39.2 Å². The fraction of sp³-hybridized carbons (Fsp3) is 0.111. The standard InChI is InChI=1S/C9H8ClNO/c1-5-6-2-3-12-9(6)7(10)4-8(5)11/h2-4H,11H2,1H3. The summed E-state index contributed by atoms with van der Waals surface area (Å²) in [7, 11) is 0. The molecule has 2 N–H and O–H groups in total. The number of benzene rings is 1. The SMILES string of the molecule is Cc1c(N)cc(Cl)c2occc12. The van der Waals surface area contributed by atoms with Crippen LogP contribution in [0.3, 0.4) is 0 Å². The van der Waals surface area contributed by atoms with Crippen LogP contribution in [0.2, 0.25) is 5.02 Å². The predicted octanol–water partition coefficient (Wildman–Crippen LogP) is 2.98. The highest BCUT2D eigenvalue weighted by atomic mass is 35.5. The minimum atomic E-state index is 0.568. The Hall–Kier alpha value is -1.15. The largest absolute Gasteiger partial charge is 0.463 e. The number of nitrogens with two attached hydrogens (primary N) is 1. The molecule has 0 atom stereocenters. The van der Waals surface area contributed by atoms with Gasteiger partial charge in [0.25, 0.3) is 0 Å². The summed E-state index contributed by atoms with van der Waals surface area (Å²) in [6.07, 6.45) is 1.61. The molecule has 1 heterocycles. The second kappa shape index (κ2) is 2.42. The van der Waals surface area contributed by atoms with E-state index in [1.165, 1.54) is 0 Å². The first-order chi connectivity index (χ1) is 5.70. The maximum Gasteiger partial charge on any atom is 0.152 e. The third kappa shape index (κ3) is 0.883. The van der Waals surface area contributed by atoms with Crippen LogP contribution in [0.1, 0.15) is 5.56 Å². The molecule has 2 aromatic rings. The van der Waals surface area contributed by atoms with Gasteiger partial charge in [-0.2, -0.15) is 0 Å². The van der Waals surface area contributed by atoms with Crippen molar-refractivity contribution in [3.05, 3.63) is 29.0 Å². The molecule has 0 unspecified atom stereocenters. The molecule has 3 heteroatoms. The zero-order valence-corrected chi connectivity index (χ0v) is 7.35. The highest BCUT2D eigenvalue weighted by molar-refractivity contribution is 6.35. The van der Waals surface area contributed by atoms with Crippen molar-refractivity contribution in [2.75, 3.05) is 5.73 Å². The molecule has 0 radical (unpaired) electrons. The number of furan rings is 1. The summed E-state index contributed by atoms with van der Waals surface area (Å²) >= 11 is 5.90. The molecular weight excluding hydrogens is 174 g/mol. The van der Waals surface area contributed by atoms with Gasteiger partial charge in [-0.05, 0) is 24.6 Å². The first-order valence-corrected chi connectivity index (χ1v) is 3.99. The summed E-state index contributed by atoms with van der Waals surface area (Å²) in [4.78, 5) is 0. The van der Waals surface area contributed by atoms with E-state index in [2.05, 4.69) is 0 Å². The minimum Gasteiger partial charge on any atom is -0.463 e. The molecular formula is C9H8ClNO. The molecule has 0 bridgehead atoms. The Morgan fingerprint density at radius 1 is 1.50 bits per heavy atom. The van der Waals surface area contributed by atoms with E-state index < -0.39 is 0 Å². The first-order valence-electron chi connectivity index (χ1n) is 3.62. The van der Waals surface area contributed by atoms with Crippen molar-refractivity contribution >= 4 is 28.3 Å². The molecule has 0 fully saturated rings. The predicted molar refractivity (Wildman–Crippen MR) is 50.4 cm³/mol. The van der Waals surface area contributed by atoms with Crippen LogP contribution in [0.5, 0.6) is 0 Å². The van der Waals surface area contributed by atoms with Gasteiger partial charge in [0.05, 0.1) is 11.3 Å². The lowest BCUT2D eigenvalue weighted by Gasteiger charge is -2.01. The fourth-order valence-corrected chi connectivity index (χ4v) is 1.52. The van der Waals surface area contributed by atoms with Crippen LogP contribution in [-0.4, -0.2) is 0 Å². The van der Waals surface area contributed by atoms with Crippen molar-refractivity contribution in [3.63, 3.8) is 0 Å². The van der Waals surface area contributed by atoms with Gasteiger partial charge < -0.3 is 10.2 Å². The number of fused-ring (bicyclic) bond motifs is 1. The van der Waals surface area contributed by atoms with Crippen molar-refractivity contribution in [2.45, 2.75) is 6.92 Å². The number of anilines is 1. The highest BCUT2D eigenvalue weighted by Crippen LogP contribution is 2.31. The van der Waals surface area contributed by atoms with E-state index in [0.29, 0.717) is 16.3 Å². The van der Waals surface area contributed by atoms with Crippen LogP contribution < -0.4 is 5.73 Å². The normalized spacial score (nSPS) is 10.8. The lowest BCUT2D eigenvalue weighted by molar-refractivity contribution is 0.616. The molecule has 1 aromatic heterocycles. The lowest BCUT2D eigenvalue weighted by Crippen LogP contribution is -1.89. The van der Waals surface area contributed by atoms with Gasteiger partial charge in [-0.25, -0.2) is 0 Å². The summed E-state index contributed by atoms with van der Waals surface area (Å²) in [6.45, 7) is 1.95. The van der Waals surface area contributed by atoms with Crippen LogP contribution >= 0.6 is 11.6 Å². The second-order valence-electron chi connectivity index (χ2n) is 2.74. The average Bonchev–Trinajstić information content (AvgIpc) is 2.48. The monoisotopic (exact) mass is 181 g/mol. The quantitative estimate of drug-likeness (QED) is 0.635. The van der Waals surface area contributed by atoms with Gasteiger partial charge in [-0.1, -0.05) is 11.6 Å². The smallest absolute Gasteiger partial charge is 0.152 e. The highest BCUT2D eigenvalue weighted by Gasteiger charge is 2.07. The third-order valence-electron chi connectivity index (χ3n) is 2.00. The van der Waals surface area contributed by atoms with Crippen LogP contribution in [0.15, 0.2) is 22.8 Å². The summed E-state index contributed by atoms with van der Waals surface area (Å²) in [5, 5.41) is 1.55. The summed E-state index contributed by atoms with van der Waals surface area (Å²) in [6, 6.07) is 3.58. The Morgan fingerprint density at radius 3 is 3.00 bits per heavy atom. The zero-order chi connectivity index (χ0) is 8.72. The Kier molecular flexibility index (Phi) is 1.51. The minimum absolute atomic E-state index is 0.568. The molecule has 0 aliphatic carbocycles. The number of aryl methyl sites for hydroxylation is 1. The Bertz CT molecular complexity index is 433. The number of hydrogen-bond donors (Lipinski definition) is 1. The third-order valence-corrected chi connectivity index (χ3v) is 2.28. The molecule has 0 saturated carbocycles. The maximum atomic E-state index is 5.90. The molecule has 0 aliphatic rings. The van der Waals surface area contributed by atoms with Crippen molar-refractivity contribution in [2.24, 2.45) is 0 Å². The van der Waals surface area contributed by atoms with E-state index in [0.717, 1.165) is 10.9 Å². The van der Waals surface area contributed by atoms with E-state index in [4.69, 9.17) is 21.8 Å². The van der Waals surface area contributed by atoms with E-state index in [-0.39, 0.29) is 0 Å². The van der Waals surface area contributed by atoms with Gasteiger partial charge in [-0.3, -0.25) is 0 Å². The average molecular weight is 182 g/mol. The van der Waals surface area contributed by atoms with E-state index in [1.807, 2.05) is 13.0 Å². The molecule has 2 rings (SSSR count). The molecule has 0 spiro atoms. The van der Waals surface area contributed by atoms with Gasteiger partial charge in [0.2, 0.25) is 0 Å². The van der Waals surface area contributed by atoms with Crippen molar-refractivity contribution < 1.29 is 4.42 Å². The van der Waals surface area contributed by atoms with Crippen molar-refractivity contribution in [1.29, 1.82) is 0 Å². The van der Waals surface area contributed by atoms with Crippen molar-refractivity contribution in [1.82, 2.24) is 0 Å². The van der Waals surface area contributed by atoms with Crippen molar-refractivity contribution in [3.8, 4) is 0 Å². The van der Waals surface area contributed by atoms with Gasteiger partial charge in [0.1, 0.15) is 0 Å². The van der Waals surface area contributed by atoms with E-state index in [1.54, 1.807) is 12.3 Å². The maximum absolute atomic E-state index is 5.90. The Morgan fingerprint density at radius 2 is 2.25 bits per heavy atom. The number of halogens is 1. The molecule has 0 amide bonds. The molecule has 2 nitrogen and oxygen atoms in total. The Balaban J connectivity index is 2.97. The molecule has 1 aromatic carbocycles. The number of rotatable bonds is 0. The number of hydrogen-bond acceptors (Lipinski definition) is 2. The summed E-state index contributed by atoms with van der Waals surface area (Å²) < 4.78 is 5.20. The first kappa shape index (κ1) is 7.50. The molecule has 0 aliphatic heterocycles. The number of nitrogen functional groups attached to an aromatic ring is 1. The Labute approximate surface area is 74.9 Å².